The van der Waals surface area contributed by atoms with Gasteiger partial charge < -0.3 is 4.90 Å². The van der Waals surface area contributed by atoms with Crippen LogP contribution in [0.1, 0.15) is 18.4 Å². The molecule has 0 amide bonds. The van der Waals surface area contributed by atoms with Gasteiger partial charge >= 0.3 is 0 Å². The molecule has 2 heterocycles. The molecule has 1 aliphatic heterocycles. The Labute approximate surface area is 102 Å². The average molecular weight is 248 g/mol. The topological polar surface area (TPSA) is 53.2 Å². The fourth-order valence-electron chi connectivity index (χ4n) is 2.08. The highest BCUT2D eigenvalue weighted by Crippen LogP contribution is 2.41. The Hall–Kier alpha value is -1.62. The summed E-state index contributed by atoms with van der Waals surface area (Å²) in [7, 11) is 0. The van der Waals surface area contributed by atoms with Crippen molar-refractivity contribution in [1.29, 1.82) is 0 Å². The summed E-state index contributed by atoms with van der Waals surface area (Å²) in [6, 6.07) is 0.371. The molecule has 1 aromatic rings. The lowest BCUT2D eigenvalue weighted by molar-refractivity contribution is -0.114. The van der Waals surface area contributed by atoms with Gasteiger partial charge in [0.15, 0.2) is 5.78 Å². The summed E-state index contributed by atoms with van der Waals surface area (Å²) >= 11 is 1.28. The number of aromatic amines is 1. The third-order valence-electron chi connectivity index (χ3n) is 3.22. The summed E-state index contributed by atoms with van der Waals surface area (Å²) in [5.74, 6) is -0.108. The minimum atomic E-state index is -0.161. The zero-order valence-corrected chi connectivity index (χ0v) is 10.1. The molecule has 0 radical (unpaired) electrons. The van der Waals surface area contributed by atoms with Crippen LogP contribution in [-0.2, 0) is 11.2 Å². The maximum atomic E-state index is 11.9. The highest BCUT2D eigenvalue weighted by Gasteiger charge is 2.38. The van der Waals surface area contributed by atoms with Gasteiger partial charge in [0.2, 0.25) is 0 Å². The van der Waals surface area contributed by atoms with Crippen molar-refractivity contribution in [3.8, 4) is 0 Å². The zero-order chi connectivity index (χ0) is 12.2. The molecule has 88 valence electrons. The number of ketones is 1. The Balaban J connectivity index is 2.19. The summed E-state index contributed by atoms with van der Waals surface area (Å²) in [6.45, 7) is 7.74. The van der Waals surface area contributed by atoms with Gasteiger partial charge in [-0.3, -0.25) is 14.0 Å². The van der Waals surface area contributed by atoms with E-state index in [-0.39, 0.29) is 17.8 Å². The van der Waals surface area contributed by atoms with Crippen LogP contribution < -0.4 is 10.5 Å². The molecular weight excluding hydrogens is 236 g/mol. The number of hydrogen-bond donors (Lipinski definition) is 1. The molecule has 17 heavy (non-hydrogen) atoms. The number of carbonyl (C=O) groups excluding carboxylic acids is 1. The van der Waals surface area contributed by atoms with Crippen LogP contribution in [0, 0.1) is 0 Å². The molecule has 0 unspecified atom stereocenters. The molecule has 1 fully saturated rings. The van der Waals surface area contributed by atoms with Gasteiger partial charge in [-0.2, -0.15) is 0 Å². The quantitative estimate of drug-likeness (QED) is 0.768. The number of allylic oxidation sites excluding steroid dienone is 1. The summed E-state index contributed by atoms with van der Waals surface area (Å²) in [6.07, 6.45) is 2.29. The van der Waals surface area contributed by atoms with Crippen LogP contribution in [0.2, 0.25) is 0 Å². The lowest BCUT2D eigenvalue weighted by Gasteiger charge is -2.23. The molecule has 0 aromatic carbocycles. The summed E-state index contributed by atoms with van der Waals surface area (Å²) in [4.78, 5) is 25.6. The van der Waals surface area contributed by atoms with Gasteiger partial charge in [-0.25, -0.2) is 0 Å². The molecule has 3 rings (SSSR count). The van der Waals surface area contributed by atoms with Crippen LogP contribution in [0.3, 0.4) is 0 Å². The van der Waals surface area contributed by atoms with Gasteiger partial charge in [-0.05, 0) is 24.4 Å². The van der Waals surface area contributed by atoms with Gasteiger partial charge in [0.25, 0.3) is 5.56 Å². The van der Waals surface area contributed by atoms with E-state index in [0.29, 0.717) is 22.9 Å². The molecule has 0 atom stereocenters. The minimum absolute atomic E-state index is 0.108. The average Bonchev–Trinajstić information content (AvgIpc) is 3.07. The SMILES string of the molecule is C=C1C(=C)N(C2CC2)c2s[nH]c(=O)c2CC1=O. The Morgan fingerprint density at radius 2 is 2.00 bits per heavy atom. The van der Waals surface area contributed by atoms with Crippen molar-refractivity contribution in [2.75, 3.05) is 4.90 Å². The molecule has 0 spiro atoms. The smallest absolute Gasteiger partial charge is 0.263 e. The highest BCUT2D eigenvalue weighted by molar-refractivity contribution is 7.10. The van der Waals surface area contributed by atoms with Crippen LogP contribution in [0.25, 0.3) is 0 Å². The summed E-state index contributed by atoms with van der Waals surface area (Å²) in [5.41, 5.74) is 1.48. The number of nitrogens with one attached hydrogen (secondary N) is 1. The minimum Gasteiger partial charge on any atom is -0.329 e. The first kappa shape index (κ1) is 10.5. The molecule has 5 heteroatoms. The van der Waals surface area contributed by atoms with E-state index in [1.165, 1.54) is 11.5 Å². The molecule has 1 aliphatic carbocycles. The zero-order valence-electron chi connectivity index (χ0n) is 9.28. The third-order valence-corrected chi connectivity index (χ3v) is 4.14. The Morgan fingerprint density at radius 3 is 2.65 bits per heavy atom. The number of nitrogens with zero attached hydrogens (tertiary/aromatic N) is 1. The first-order valence-electron chi connectivity index (χ1n) is 5.50. The van der Waals surface area contributed by atoms with Crippen molar-refractivity contribution in [2.24, 2.45) is 0 Å². The highest BCUT2D eigenvalue weighted by atomic mass is 32.1. The largest absolute Gasteiger partial charge is 0.329 e. The number of carbonyl (C=O) groups is 1. The van der Waals surface area contributed by atoms with Gasteiger partial charge in [0, 0.05) is 23.7 Å². The van der Waals surface area contributed by atoms with Crippen LogP contribution in [0.15, 0.2) is 29.2 Å². The second kappa shape index (κ2) is 3.43. The van der Waals surface area contributed by atoms with Gasteiger partial charge in [-0.15, -0.1) is 0 Å². The van der Waals surface area contributed by atoms with Gasteiger partial charge in [-0.1, -0.05) is 13.2 Å². The normalized spacial score (nSPS) is 20.5. The van der Waals surface area contributed by atoms with E-state index >= 15 is 0 Å². The first-order chi connectivity index (χ1) is 8.09. The maximum Gasteiger partial charge on any atom is 0.263 e. The van der Waals surface area contributed by atoms with Crippen LogP contribution in [0.4, 0.5) is 5.00 Å². The van der Waals surface area contributed by atoms with E-state index in [1.807, 2.05) is 4.90 Å². The van der Waals surface area contributed by atoms with E-state index in [9.17, 15) is 9.59 Å². The van der Waals surface area contributed by atoms with Crippen molar-refractivity contribution in [3.63, 3.8) is 0 Å². The van der Waals surface area contributed by atoms with E-state index in [1.54, 1.807) is 0 Å². The van der Waals surface area contributed by atoms with E-state index in [0.717, 1.165) is 17.8 Å². The predicted molar refractivity (Wildman–Crippen MR) is 67.4 cm³/mol. The van der Waals surface area contributed by atoms with Crippen molar-refractivity contribution in [3.05, 3.63) is 40.3 Å². The second-order valence-corrected chi connectivity index (χ2v) is 5.24. The predicted octanol–water partition coefficient (Wildman–Crippen LogP) is 1.60. The maximum absolute atomic E-state index is 11.9. The van der Waals surface area contributed by atoms with Crippen molar-refractivity contribution in [1.82, 2.24) is 4.37 Å². The lowest BCUT2D eigenvalue weighted by Crippen LogP contribution is -2.24. The van der Waals surface area contributed by atoms with E-state index < -0.39 is 0 Å². The number of hydrogen-bond acceptors (Lipinski definition) is 4. The standard InChI is InChI=1S/C12H12N2O2S/c1-6-7(2)14(8-3-4-8)12-9(5-10(6)15)11(16)13-17-12/h8H,1-5H2,(H,13,16). The molecule has 1 aromatic heterocycles. The fraction of sp³-hybridized carbons (Fsp3) is 0.333. The number of Topliss-reactive ketones (excluding diaryl/α,β-unsaturated/α-hetero) is 1. The summed E-state index contributed by atoms with van der Waals surface area (Å²) in [5, 5.41) is 0.842. The van der Waals surface area contributed by atoms with Crippen molar-refractivity contribution in [2.45, 2.75) is 25.3 Å². The molecule has 0 saturated heterocycles. The van der Waals surface area contributed by atoms with Crippen molar-refractivity contribution < 1.29 is 4.79 Å². The van der Waals surface area contributed by atoms with Crippen LogP contribution >= 0.6 is 11.5 Å². The second-order valence-electron chi connectivity index (χ2n) is 4.44. The molecule has 0 bridgehead atoms. The number of rotatable bonds is 1. The van der Waals surface area contributed by atoms with Gasteiger partial charge in [0.05, 0.1) is 5.56 Å². The Morgan fingerprint density at radius 1 is 1.29 bits per heavy atom. The first-order valence-corrected chi connectivity index (χ1v) is 6.32. The molecule has 4 nitrogen and oxygen atoms in total. The molecule has 2 aliphatic rings. The number of aromatic nitrogens is 1. The van der Waals surface area contributed by atoms with Crippen molar-refractivity contribution >= 4 is 22.3 Å². The number of anilines is 1. The number of fused-ring (bicyclic) bond motifs is 1. The number of H-pyrrole nitrogens is 1. The molecule has 1 saturated carbocycles. The third kappa shape index (κ3) is 1.50. The molecule has 1 N–H and O–H groups in total. The monoisotopic (exact) mass is 248 g/mol. The van der Waals surface area contributed by atoms with Crippen LogP contribution in [0.5, 0.6) is 0 Å². The Bertz CT molecular complexity index is 592. The van der Waals surface area contributed by atoms with E-state index in [4.69, 9.17) is 0 Å². The van der Waals surface area contributed by atoms with Crippen LogP contribution in [-0.4, -0.2) is 16.2 Å². The Kier molecular flexibility index (Phi) is 2.13. The molecular formula is C12H12N2O2S. The van der Waals surface area contributed by atoms with Gasteiger partial charge in [0.1, 0.15) is 5.00 Å². The van der Waals surface area contributed by atoms with E-state index in [2.05, 4.69) is 17.5 Å². The fourth-order valence-corrected chi connectivity index (χ4v) is 3.04. The summed E-state index contributed by atoms with van der Waals surface area (Å²) < 4.78 is 2.70. The lowest BCUT2D eigenvalue weighted by atomic mass is 10.1.